The van der Waals surface area contributed by atoms with E-state index in [0.29, 0.717) is 22.5 Å². The predicted molar refractivity (Wildman–Crippen MR) is 102 cm³/mol. The second-order valence-corrected chi connectivity index (χ2v) is 7.45. The van der Waals surface area contributed by atoms with E-state index in [0.717, 1.165) is 10.9 Å². The third kappa shape index (κ3) is 3.67. The van der Waals surface area contributed by atoms with Crippen LogP contribution in [-0.4, -0.2) is 21.0 Å². The van der Waals surface area contributed by atoms with Gasteiger partial charge in [0.1, 0.15) is 5.75 Å². The van der Waals surface area contributed by atoms with E-state index < -0.39 is 0 Å². The molecule has 5 heteroatoms. The molecule has 0 unspecified atom stereocenters. The SMILES string of the molecule is Cc1nc2ncccc2cc1C(=O)NCc1ccc(C(C)(C)C)cc1O. The molecule has 2 N–H and O–H groups in total. The smallest absolute Gasteiger partial charge is 0.253 e. The molecule has 0 bridgehead atoms. The van der Waals surface area contributed by atoms with Gasteiger partial charge in [-0.25, -0.2) is 9.97 Å². The Morgan fingerprint density at radius 3 is 2.65 bits per heavy atom. The minimum atomic E-state index is -0.222. The van der Waals surface area contributed by atoms with Crippen molar-refractivity contribution >= 4 is 16.9 Å². The Balaban J connectivity index is 1.78. The van der Waals surface area contributed by atoms with Crippen LogP contribution in [0.3, 0.4) is 0 Å². The summed E-state index contributed by atoms with van der Waals surface area (Å²) >= 11 is 0. The highest BCUT2D eigenvalue weighted by molar-refractivity contribution is 5.98. The number of hydrogen-bond acceptors (Lipinski definition) is 4. The number of phenols is 1. The number of nitrogens with one attached hydrogen (secondary N) is 1. The number of fused-ring (bicyclic) bond motifs is 1. The Morgan fingerprint density at radius 1 is 1.19 bits per heavy atom. The standard InChI is InChI=1S/C21H23N3O2/c1-13-17(10-14-6-5-9-22-19(14)24-13)20(26)23-12-15-7-8-16(11-18(15)25)21(2,3)4/h5-11,25H,12H2,1-4H3,(H,23,26). The molecule has 2 aromatic heterocycles. The highest BCUT2D eigenvalue weighted by Crippen LogP contribution is 2.27. The zero-order chi connectivity index (χ0) is 18.9. The fourth-order valence-corrected chi connectivity index (χ4v) is 2.77. The van der Waals surface area contributed by atoms with E-state index in [1.807, 2.05) is 24.3 Å². The van der Waals surface area contributed by atoms with E-state index >= 15 is 0 Å². The number of carbonyl (C=O) groups excluding carboxylic acids is 1. The number of hydrogen-bond donors (Lipinski definition) is 2. The Bertz CT molecular complexity index is 975. The number of aromatic hydroxyl groups is 1. The van der Waals surface area contributed by atoms with Gasteiger partial charge < -0.3 is 10.4 Å². The van der Waals surface area contributed by atoms with E-state index in [9.17, 15) is 9.90 Å². The lowest BCUT2D eigenvalue weighted by Crippen LogP contribution is -2.24. The van der Waals surface area contributed by atoms with Crippen molar-refractivity contribution in [3.05, 3.63) is 65.0 Å². The summed E-state index contributed by atoms with van der Waals surface area (Å²) in [5.41, 5.74) is 3.45. The van der Waals surface area contributed by atoms with Crippen LogP contribution in [0.25, 0.3) is 11.0 Å². The minimum absolute atomic E-state index is 0.0405. The van der Waals surface area contributed by atoms with Gasteiger partial charge >= 0.3 is 0 Å². The summed E-state index contributed by atoms with van der Waals surface area (Å²) in [6, 6.07) is 11.1. The average Bonchev–Trinajstić information content (AvgIpc) is 2.59. The summed E-state index contributed by atoms with van der Waals surface area (Å²) in [5.74, 6) is -0.0321. The van der Waals surface area contributed by atoms with Crippen molar-refractivity contribution in [1.29, 1.82) is 0 Å². The molecule has 26 heavy (non-hydrogen) atoms. The highest BCUT2D eigenvalue weighted by Gasteiger charge is 2.16. The van der Waals surface area contributed by atoms with Gasteiger partial charge in [-0.05, 0) is 42.2 Å². The molecule has 0 saturated carbocycles. The number of rotatable bonds is 3. The third-order valence-corrected chi connectivity index (χ3v) is 4.42. The first-order chi connectivity index (χ1) is 12.3. The lowest BCUT2D eigenvalue weighted by atomic mass is 9.86. The van der Waals surface area contributed by atoms with Crippen LogP contribution in [0.1, 0.15) is 48.0 Å². The van der Waals surface area contributed by atoms with Crippen LogP contribution in [0.15, 0.2) is 42.6 Å². The first-order valence-corrected chi connectivity index (χ1v) is 8.58. The zero-order valence-electron chi connectivity index (χ0n) is 15.5. The zero-order valence-corrected chi connectivity index (χ0v) is 15.5. The van der Waals surface area contributed by atoms with Gasteiger partial charge in [0.15, 0.2) is 5.65 Å². The van der Waals surface area contributed by atoms with Crippen molar-refractivity contribution in [2.75, 3.05) is 0 Å². The summed E-state index contributed by atoms with van der Waals surface area (Å²) in [5, 5.41) is 13.9. The molecular weight excluding hydrogens is 326 g/mol. The van der Waals surface area contributed by atoms with E-state index in [-0.39, 0.29) is 23.6 Å². The topological polar surface area (TPSA) is 75.1 Å². The molecule has 0 aliphatic heterocycles. The number of pyridine rings is 2. The molecule has 0 fully saturated rings. The monoisotopic (exact) mass is 349 g/mol. The third-order valence-electron chi connectivity index (χ3n) is 4.42. The molecule has 5 nitrogen and oxygen atoms in total. The Hall–Kier alpha value is -2.95. The quantitative estimate of drug-likeness (QED) is 0.753. The molecule has 134 valence electrons. The molecule has 0 radical (unpaired) electrons. The normalized spacial score (nSPS) is 11.5. The number of aryl methyl sites for hydroxylation is 1. The molecule has 0 saturated heterocycles. The van der Waals surface area contributed by atoms with Crippen LogP contribution in [0, 0.1) is 6.92 Å². The van der Waals surface area contributed by atoms with Crippen LogP contribution in [0.4, 0.5) is 0 Å². The van der Waals surface area contributed by atoms with Gasteiger partial charge in [-0.3, -0.25) is 4.79 Å². The van der Waals surface area contributed by atoms with Crippen LogP contribution in [0.2, 0.25) is 0 Å². The maximum absolute atomic E-state index is 12.6. The lowest BCUT2D eigenvalue weighted by Gasteiger charge is -2.20. The second-order valence-electron chi connectivity index (χ2n) is 7.45. The average molecular weight is 349 g/mol. The number of phenolic OH excluding ortho intramolecular Hbond substituents is 1. The van der Waals surface area contributed by atoms with E-state index in [2.05, 4.69) is 36.1 Å². The fraction of sp³-hybridized carbons (Fsp3) is 0.286. The van der Waals surface area contributed by atoms with Gasteiger partial charge in [-0.1, -0.05) is 32.9 Å². The van der Waals surface area contributed by atoms with E-state index in [4.69, 9.17) is 0 Å². The van der Waals surface area contributed by atoms with Gasteiger partial charge in [0, 0.05) is 23.7 Å². The summed E-state index contributed by atoms with van der Waals surface area (Å²) in [6.07, 6.45) is 1.68. The first kappa shape index (κ1) is 17.9. The Kier molecular flexibility index (Phi) is 4.64. The minimum Gasteiger partial charge on any atom is -0.508 e. The van der Waals surface area contributed by atoms with Gasteiger partial charge in [0.2, 0.25) is 0 Å². The van der Waals surface area contributed by atoms with Crippen molar-refractivity contribution in [2.45, 2.75) is 39.7 Å². The van der Waals surface area contributed by atoms with Gasteiger partial charge in [-0.2, -0.15) is 0 Å². The van der Waals surface area contributed by atoms with E-state index in [1.165, 1.54) is 0 Å². The molecule has 0 aliphatic rings. The summed E-state index contributed by atoms with van der Waals surface area (Å²) < 4.78 is 0. The summed E-state index contributed by atoms with van der Waals surface area (Å²) in [4.78, 5) is 21.2. The number of carbonyl (C=O) groups is 1. The van der Waals surface area contributed by atoms with Gasteiger partial charge in [0.05, 0.1) is 11.3 Å². The predicted octanol–water partition coefficient (Wildman–Crippen LogP) is 3.87. The molecular formula is C21H23N3O2. The number of benzene rings is 1. The molecule has 0 atom stereocenters. The summed E-state index contributed by atoms with van der Waals surface area (Å²) in [6.45, 7) is 8.31. The number of amides is 1. The maximum atomic E-state index is 12.6. The molecule has 3 rings (SSSR count). The Labute approximate surface area is 153 Å². The number of aromatic nitrogens is 2. The molecule has 0 aliphatic carbocycles. The van der Waals surface area contributed by atoms with Crippen LogP contribution in [0.5, 0.6) is 5.75 Å². The molecule has 2 heterocycles. The highest BCUT2D eigenvalue weighted by atomic mass is 16.3. The first-order valence-electron chi connectivity index (χ1n) is 8.58. The summed E-state index contributed by atoms with van der Waals surface area (Å²) in [7, 11) is 0. The largest absolute Gasteiger partial charge is 0.508 e. The van der Waals surface area contributed by atoms with Crippen molar-refractivity contribution in [3.8, 4) is 5.75 Å². The van der Waals surface area contributed by atoms with Gasteiger partial charge in [-0.15, -0.1) is 0 Å². The number of nitrogens with zero attached hydrogens (tertiary/aromatic N) is 2. The fourth-order valence-electron chi connectivity index (χ4n) is 2.77. The van der Waals surface area contributed by atoms with Crippen LogP contribution >= 0.6 is 0 Å². The van der Waals surface area contributed by atoms with Crippen LogP contribution in [-0.2, 0) is 12.0 Å². The van der Waals surface area contributed by atoms with Crippen molar-refractivity contribution < 1.29 is 9.90 Å². The lowest BCUT2D eigenvalue weighted by molar-refractivity contribution is 0.0950. The van der Waals surface area contributed by atoms with Crippen LogP contribution < -0.4 is 5.32 Å². The molecule has 1 amide bonds. The van der Waals surface area contributed by atoms with Crippen molar-refractivity contribution in [3.63, 3.8) is 0 Å². The molecule has 1 aromatic carbocycles. The maximum Gasteiger partial charge on any atom is 0.253 e. The van der Waals surface area contributed by atoms with Gasteiger partial charge in [0.25, 0.3) is 5.91 Å². The molecule has 0 spiro atoms. The van der Waals surface area contributed by atoms with Crippen molar-refractivity contribution in [1.82, 2.24) is 15.3 Å². The Morgan fingerprint density at radius 2 is 1.96 bits per heavy atom. The van der Waals surface area contributed by atoms with Crippen molar-refractivity contribution in [2.24, 2.45) is 0 Å². The molecule has 3 aromatic rings. The van der Waals surface area contributed by atoms with E-state index in [1.54, 1.807) is 25.3 Å². The second kappa shape index (κ2) is 6.75.